The minimum absolute atomic E-state index is 0.0173. The quantitative estimate of drug-likeness (QED) is 0.743. The van der Waals surface area contributed by atoms with Crippen molar-refractivity contribution in [3.63, 3.8) is 0 Å². The Bertz CT molecular complexity index is 264. The van der Waals surface area contributed by atoms with Gasteiger partial charge in [-0.15, -0.1) is 0 Å². The highest BCUT2D eigenvalue weighted by atomic mass is 16.5. The molecule has 0 spiro atoms. The molecule has 0 unspecified atom stereocenters. The van der Waals surface area contributed by atoms with Crippen LogP contribution in [0.1, 0.15) is 18.5 Å². The Labute approximate surface area is 91.1 Å². The molecule has 0 aromatic heterocycles. The van der Waals surface area contributed by atoms with Gasteiger partial charge in [0.1, 0.15) is 0 Å². The van der Waals surface area contributed by atoms with Gasteiger partial charge in [0.15, 0.2) is 0 Å². The molecule has 0 aliphatic carbocycles. The van der Waals surface area contributed by atoms with Gasteiger partial charge in [-0.1, -0.05) is 30.3 Å². The van der Waals surface area contributed by atoms with Gasteiger partial charge in [-0.05, 0) is 12.5 Å². The summed E-state index contributed by atoms with van der Waals surface area (Å²) in [4.78, 5) is 0. The summed E-state index contributed by atoms with van der Waals surface area (Å²) in [5.74, 6) is 0. The van der Waals surface area contributed by atoms with E-state index in [9.17, 15) is 5.11 Å². The van der Waals surface area contributed by atoms with Crippen LogP contribution in [0.25, 0.3) is 0 Å². The minimum Gasteiger partial charge on any atom is -0.394 e. The molecule has 84 valence electrons. The first kappa shape index (κ1) is 12.2. The van der Waals surface area contributed by atoms with Crippen LogP contribution in [-0.4, -0.2) is 31.5 Å². The van der Waals surface area contributed by atoms with Crippen LogP contribution in [0.3, 0.4) is 0 Å². The Morgan fingerprint density at radius 2 is 2.00 bits per heavy atom. The zero-order valence-corrected chi connectivity index (χ0v) is 9.31. The summed E-state index contributed by atoms with van der Waals surface area (Å²) < 4.78 is 5.04. The lowest BCUT2D eigenvalue weighted by Gasteiger charge is -2.21. The molecule has 1 aromatic carbocycles. The lowest BCUT2D eigenvalue weighted by molar-refractivity contribution is 0.154. The molecule has 15 heavy (non-hydrogen) atoms. The van der Waals surface area contributed by atoms with Gasteiger partial charge < -0.3 is 15.2 Å². The highest BCUT2D eigenvalue weighted by Gasteiger charge is 2.12. The Morgan fingerprint density at radius 1 is 1.33 bits per heavy atom. The highest BCUT2D eigenvalue weighted by Crippen LogP contribution is 2.12. The number of benzene rings is 1. The fourth-order valence-corrected chi connectivity index (χ4v) is 1.58. The average molecular weight is 209 g/mol. The van der Waals surface area contributed by atoms with Crippen LogP contribution in [0, 0.1) is 0 Å². The molecule has 0 aliphatic rings. The second-order valence-electron chi connectivity index (χ2n) is 3.67. The van der Waals surface area contributed by atoms with Gasteiger partial charge in [0.05, 0.1) is 19.3 Å². The SMILES string of the molecule is COC[C@@H](C)N[C@H](CO)c1ccccc1. The van der Waals surface area contributed by atoms with E-state index >= 15 is 0 Å². The smallest absolute Gasteiger partial charge is 0.0626 e. The van der Waals surface area contributed by atoms with Crippen molar-refractivity contribution in [2.24, 2.45) is 0 Å². The summed E-state index contributed by atoms with van der Waals surface area (Å²) in [6.45, 7) is 2.77. The molecule has 0 amide bonds. The summed E-state index contributed by atoms with van der Waals surface area (Å²) in [7, 11) is 1.68. The topological polar surface area (TPSA) is 41.5 Å². The molecule has 0 saturated heterocycles. The molecule has 0 saturated carbocycles. The molecule has 2 N–H and O–H groups in total. The number of hydrogen-bond donors (Lipinski definition) is 2. The number of aliphatic hydroxyl groups is 1. The highest BCUT2D eigenvalue weighted by molar-refractivity contribution is 5.18. The first-order valence-electron chi connectivity index (χ1n) is 5.18. The van der Waals surface area contributed by atoms with E-state index in [4.69, 9.17) is 4.74 Å². The van der Waals surface area contributed by atoms with Crippen molar-refractivity contribution in [1.82, 2.24) is 5.32 Å². The minimum atomic E-state index is -0.0173. The lowest BCUT2D eigenvalue weighted by atomic mass is 10.1. The fraction of sp³-hybridized carbons (Fsp3) is 0.500. The van der Waals surface area contributed by atoms with Gasteiger partial charge in [0.25, 0.3) is 0 Å². The maximum absolute atomic E-state index is 9.29. The van der Waals surface area contributed by atoms with Crippen molar-refractivity contribution >= 4 is 0 Å². The van der Waals surface area contributed by atoms with E-state index in [0.29, 0.717) is 6.61 Å². The number of aliphatic hydroxyl groups excluding tert-OH is 1. The number of hydrogen-bond acceptors (Lipinski definition) is 3. The van der Waals surface area contributed by atoms with Crippen molar-refractivity contribution < 1.29 is 9.84 Å². The van der Waals surface area contributed by atoms with Crippen LogP contribution in [-0.2, 0) is 4.74 Å². The molecular formula is C12H19NO2. The van der Waals surface area contributed by atoms with Crippen LogP contribution in [0.5, 0.6) is 0 Å². The molecule has 0 radical (unpaired) electrons. The van der Waals surface area contributed by atoms with E-state index in [0.717, 1.165) is 5.56 Å². The van der Waals surface area contributed by atoms with Crippen molar-refractivity contribution in [3.05, 3.63) is 35.9 Å². The molecule has 2 atom stereocenters. The standard InChI is InChI=1S/C12H19NO2/c1-10(9-15-2)13-12(8-14)11-6-4-3-5-7-11/h3-7,10,12-14H,8-9H2,1-2H3/t10-,12-/m1/s1. The Kier molecular flexibility index (Phi) is 5.32. The van der Waals surface area contributed by atoms with E-state index in [2.05, 4.69) is 5.32 Å². The molecule has 3 nitrogen and oxygen atoms in total. The van der Waals surface area contributed by atoms with Gasteiger partial charge in [-0.3, -0.25) is 0 Å². The summed E-state index contributed by atoms with van der Waals surface area (Å²) in [5, 5.41) is 12.6. The third-order valence-corrected chi connectivity index (χ3v) is 2.29. The van der Waals surface area contributed by atoms with Gasteiger partial charge in [-0.2, -0.15) is 0 Å². The zero-order valence-electron chi connectivity index (χ0n) is 9.31. The van der Waals surface area contributed by atoms with Crippen LogP contribution in [0.15, 0.2) is 30.3 Å². The number of methoxy groups -OCH3 is 1. The van der Waals surface area contributed by atoms with Crippen molar-refractivity contribution in [1.29, 1.82) is 0 Å². The largest absolute Gasteiger partial charge is 0.394 e. The first-order chi connectivity index (χ1) is 7.27. The second-order valence-corrected chi connectivity index (χ2v) is 3.67. The second kappa shape index (κ2) is 6.56. The lowest BCUT2D eigenvalue weighted by Crippen LogP contribution is -2.35. The number of rotatable bonds is 6. The Morgan fingerprint density at radius 3 is 2.53 bits per heavy atom. The van der Waals surface area contributed by atoms with Crippen LogP contribution in [0.4, 0.5) is 0 Å². The predicted octanol–water partition coefficient (Wildman–Crippen LogP) is 1.34. The van der Waals surface area contributed by atoms with Crippen LogP contribution in [0.2, 0.25) is 0 Å². The van der Waals surface area contributed by atoms with Gasteiger partial charge in [0, 0.05) is 13.2 Å². The number of nitrogens with one attached hydrogen (secondary N) is 1. The first-order valence-corrected chi connectivity index (χ1v) is 5.18. The maximum Gasteiger partial charge on any atom is 0.0626 e. The Balaban J connectivity index is 2.56. The molecule has 3 heteroatoms. The Hall–Kier alpha value is -0.900. The summed E-state index contributed by atoms with van der Waals surface area (Å²) in [6, 6.07) is 10.1. The summed E-state index contributed by atoms with van der Waals surface area (Å²) in [5.41, 5.74) is 1.10. The van der Waals surface area contributed by atoms with Crippen molar-refractivity contribution in [3.8, 4) is 0 Å². The van der Waals surface area contributed by atoms with Gasteiger partial charge in [0.2, 0.25) is 0 Å². The monoisotopic (exact) mass is 209 g/mol. The molecule has 0 heterocycles. The van der Waals surface area contributed by atoms with E-state index in [-0.39, 0.29) is 18.7 Å². The third-order valence-electron chi connectivity index (χ3n) is 2.29. The molecule has 1 rings (SSSR count). The molecular weight excluding hydrogens is 190 g/mol. The molecule has 1 aromatic rings. The van der Waals surface area contributed by atoms with E-state index in [1.807, 2.05) is 37.3 Å². The van der Waals surface area contributed by atoms with Crippen molar-refractivity contribution in [2.45, 2.75) is 19.0 Å². The van der Waals surface area contributed by atoms with Gasteiger partial charge >= 0.3 is 0 Å². The fourth-order valence-electron chi connectivity index (χ4n) is 1.58. The molecule has 0 aliphatic heterocycles. The third kappa shape index (κ3) is 4.00. The summed E-state index contributed by atoms with van der Waals surface area (Å²) in [6.07, 6.45) is 0. The zero-order chi connectivity index (χ0) is 11.1. The summed E-state index contributed by atoms with van der Waals surface area (Å²) >= 11 is 0. The van der Waals surface area contributed by atoms with Crippen LogP contribution >= 0.6 is 0 Å². The van der Waals surface area contributed by atoms with Crippen molar-refractivity contribution in [2.75, 3.05) is 20.3 Å². The maximum atomic E-state index is 9.29. The number of ether oxygens (including phenoxy) is 1. The van der Waals surface area contributed by atoms with E-state index < -0.39 is 0 Å². The van der Waals surface area contributed by atoms with E-state index in [1.54, 1.807) is 7.11 Å². The van der Waals surface area contributed by atoms with E-state index in [1.165, 1.54) is 0 Å². The normalized spacial score (nSPS) is 14.9. The van der Waals surface area contributed by atoms with Gasteiger partial charge in [-0.25, -0.2) is 0 Å². The molecule has 0 bridgehead atoms. The average Bonchev–Trinajstić information content (AvgIpc) is 2.27. The van der Waals surface area contributed by atoms with Crippen LogP contribution < -0.4 is 5.32 Å². The predicted molar refractivity (Wildman–Crippen MR) is 60.7 cm³/mol. The molecule has 0 fully saturated rings.